The molecule has 0 unspecified atom stereocenters. The second-order valence-corrected chi connectivity index (χ2v) is 6.77. The molecule has 1 saturated heterocycles. The number of carbonyl (C=O) groups excluding carboxylic acids is 3. The molecule has 30 heavy (non-hydrogen) atoms. The Labute approximate surface area is 174 Å². The van der Waals surface area contributed by atoms with Crippen molar-refractivity contribution in [3.8, 4) is 11.5 Å². The fourth-order valence-electron chi connectivity index (χ4n) is 2.98. The zero-order valence-electron chi connectivity index (χ0n) is 16.9. The maximum absolute atomic E-state index is 13.4. The summed E-state index contributed by atoms with van der Waals surface area (Å²) in [7, 11) is 0. The Hall–Kier alpha value is -3.42. The number of imide groups is 2. The van der Waals surface area contributed by atoms with Gasteiger partial charge in [-0.25, -0.2) is 14.1 Å². The summed E-state index contributed by atoms with van der Waals surface area (Å²) in [5.41, 5.74) is 0.608. The van der Waals surface area contributed by atoms with E-state index in [1.165, 1.54) is 30.3 Å². The number of ether oxygens (including phenoxy) is 2. The van der Waals surface area contributed by atoms with Gasteiger partial charge in [-0.3, -0.25) is 14.5 Å². The Morgan fingerprint density at radius 1 is 0.867 bits per heavy atom. The van der Waals surface area contributed by atoms with E-state index in [-0.39, 0.29) is 12.2 Å². The molecule has 7 nitrogen and oxygen atoms in total. The molecule has 0 spiro atoms. The number of halogens is 1. The lowest BCUT2D eigenvalue weighted by Gasteiger charge is -2.18. The molecular formula is C22H23FN2O5. The van der Waals surface area contributed by atoms with E-state index in [1.807, 2.05) is 13.8 Å². The fourth-order valence-corrected chi connectivity index (χ4v) is 2.98. The van der Waals surface area contributed by atoms with Gasteiger partial charge in [-0.1, -0.05) is 26.0 Å². The van der Waals surface area contributed by atoms with Gasteiger partial charge in [0.1, 0.15) is 5.82 Å². The SMILES string of the molecule is CCCOc1ccc(N2C(=O)C(=O)N(Cc3cccc(F)c3)C2=O)cc1OCCC. The molecule has 1 heterocycles. The van der Waals surface area contributed by atoms with Crippen LogP contribution >= 0.6 is 0 Å². The molecule has 0 aliphatic carbocycles. The molecule has 8 heteroatoms. The van der Waals surface area contributed by atoms with Crippen LogP contribution in [0.4, 0.5) is 14.9 Å². The highest BCUT2D eigenvalue weighted by Crippen LogP contribution is 2.34. The van der Waals surface area contributed by atoms with E-state index >= 15 is 0 Å². The van der Waals surface area contributed by atoms with E-state index in [0.717, 1.165) is 22.6 Å². The van der Waals surface area contributed by atoms with Crippen LogP contribution in [0.5, 0.6) is 11.5 Å². The van der Waals surface area contributed by atoms with Crippen LogP contribution in [0.2, 0.25) is 0 Å². The Morgan fingerprint density at radius 3 is 2.23 bits per heavy atom. The standard InChI is InChI=1S/C22H23FN2O5/c1-3-10-29-18-9-8-17(13-19(18)30-11-4-2)25-21(27)20(26)24(22(25)28)14-15-6-5-7-16(23)12-15/h5-9,12-13H,3-4,10-11,14H2,1-2H3. The third kappa shape index (κ3) is 4.42. The molecule has 0 aromatic heterocycles. The molecule has 0 atom stereocenters. The van der Waals surface area contributed by atoms with E-state index in [0.29, 0.717) is 30.3 Å². The van der Waals surface area contributed by atoms with Crippen LogP contribution in [0.25, 0.3) is 0 Å². The zero-order chi connectivity index (χ0) is 21.7. The topological polar surface area (TPSA) is 76.2 Å². The molecular weight excluding hydrogens is 391 g/mol. The third-order valence-corrected chi connectivity index (χ3v) is 4.39. The summed E-state index contributed by atoms with van der Waals surface area (Å²) in [5, 5.41) is 0. The number of anilines is 1. The Bertz CT molecular complexity index is 962. The van der Waals surface area contributed by atoms with Gasteiger partial charge < -0.3 is 9.47 Å². The van der Waals surface area contributed by atoms with Crippen LogP contribution in [0, 0.1) is 5.82 Å². The van der Waals surface area contributed by atoms with Crippen LogP contribution in [-0.4, -0.2) is 36.0 Å². The maximum atomic E-state index is 13.4. The number of hydrogen-bond donors (Lipinski definition) is 0. The molecule has 1 aliphatic heterocycles. The monoisotopic (exact) mass is 414 g/mol. The van der Waals surface area contributed by atoms with Gasteiger partial charge in [0.05, 0.1) is 25.4 Å². The van der Waals surface area contributed by atoms with Crippen LogP contribution in [0.15, 0.2) is 42.5 Å². The number of urea groups is 1. The van der Waals surface area contributed by atoms with Crippen molar-refractivity contribution in [2.75, 3.05) is 18.1 Å². The first-order valence-corrected chi connectivity index (χ1v) is 9.80. The molecule has 0 radical (unpaired) electrons. The van der Waals surface area contributed by atoms with Gasteiger partial charge in [-0.2, -0.15) is 0 Å². The summed E-state index contributed by atoms with van der Waals surface area (Å²) in [4.78, 5) is 39.4. The van der Waals surface area contributed by atoms with Crippen molar-refractivity contribution in [2.45, 2.75) is 33.2 Å². The Balaban J connectivity index is 1.87. The van der Waals surface area contributed by atoms with Crippen molar-refractivity contribution in [1.82, 2.24) is 4.90 Å². The average molecular weight is 414 g/mol. The van der Waals surface area contributed by atoms with Gasteiger partial charge in [0, 0.05) is 6.07 Å². The summed E-state index contributed by atoms with van der Waals surface area (Å²) in [6.45, 7) is 4.64. The van der Waals surface area contributed by atoms with E-state index in [2.05, 4.69) is 0 Å². The molecule has 3 rings (SSSR count). The predicted molar refractivity (Wildman–Crippen MR) is 108 cm³/mol. The number of hydrogen-bond acceptors (Lipinski definition) is 5. The van der Waals surface area contributed by atoms with Crippen LogP contribution in [0.1, 0.15) is 32.3 Å². The first-order chi connectivity index (χ1) is 14.5. The second kappa shape index (κ2) is 9.39. The molecule has 2 aromatic rings. The number of carbonyl (C=O) groups is 3. The van der Waals surface area contributed by atoms with Crippen molar-refractivity contribution in [2.24, 2.45) is 0 Å². The van der Waals surface area contributed by atoms with Gasteiger partial charge in [0.2, 0.25) is 0 Å². The van der Waals surface area contributed by atoms with Gasteiger partial charge in [0.25, 0.3) is 0 Å². The summed E-state index contributed by atoms with van der Waals surface area (Å²) >= 11 is 0. The lowest BCUT2D eigenvalue weighted by atomic mass is 10.2. The minimum Gasteiger partial charge on any atom is -0.490 e. The second-order valence-electron chi connectivity index (χ2n) is 6.77. The number of rotatable bonds is 9. The lowest BCUT2D eigenvalue weighted by molar-refractivity contribution is -0.139. The van der Waals surface area contributed by atoms with E-state index < -0.39 is 23.7 Å². The van der Waals surface area contributed by atoms with Crippen molar-refractivity contribution in [3.05, 3.63) is 53.8 Å². The minimum absolute atomic E-state index is 0.200. The molecule has 0 bridgehead atoms. The molecule has 0 saturated carbocycles. The van der Waals surface area contributed by atoms with Gasteiger partial charge in [0.15, 0.2) is 11.5 Å². The van der Waals surface area contributed by atoms with E-state index in [9.17, 15) is 18.8 Å². The molecule has 0 N–H and O–H groups in total. The number of benzene rings is 2. The summed E-state index contributed by atoms with van der Waals surface area (Å²) in [6.07, 6.45) is 1.57. The Morgan fingerprint density at radius 2 is 1.57 bits per heavy atom. The predicted octanol–water partition coefficient (Wildman–Crippen LogP) is 3.90. The van der Waals surface area contributed by atoms with Crippen molar-refractivity contribution < 1.29 is 28.2 Å². The summed E-state index contributed by atoms with van der Waals surface area (Å²) < 4.78 is 24.8. The first-order valence-electron chi connectivity index (χ1n) is 9.80. The highest BCUT2D eigenvalue weighted by atomic mass is 19.1. The van der Waals surface area contributed by atoms with Gasteiger partial charge >= 0.3 is 17.8 Å². The van der Waals surface area contributed by atoms with E-state index in [4.69, 9.17) is 9.47 Å². The molecule has 158 valence electrons. The summed E-state index contributed by atoms with van der Waals surface area (Å²) in [5.74, 6) is -1.54. The highest BCUT2D eigenvalue weighted by Gasteiger charge is 2.45. The van der Waals surface area contributed by atoms with Crippen molar-refractivity contribution >= 4 is 23.5 Å². The lowest BCUT2D eigenvalue weighted by Crippen LogP contribution is -2.33. The van der Waals surface area contributed by atoms with Gasteiger partial charge in [-0.15, -0.1) is 0 Å². The smallest absolute Gasteiger partial charge is 0.339 e. The van der Waals surface area contributed by atoms with E-state index in [1.54, 1.807) is 12.1 Å². The fraction of sp³-hybridized carbons (Fsp3) is 0.318. The zero-order valence-corrected chi connectivity index (χ0v) is 16.9. The van der Waals surface area contributed by atoms with Crippen molar-refractivity contribution in [1.29, 1.82) is 0 Å². The normalized spacial score (nSPS) is 13.9. The highest BCUT2D eigenvalue weighted by molar-refractivity contribution is 6.52. The quantitative estimate of drug-likeness (QED) is 0.460. The van der Waals surface area contributed by atoms with Crippen LogP contribution < -0.4 is 14.4 Å². The molecule has 1 aliphatic rings. The number of nitrogens with zero attached hydrogens (tertiary/aromatic N) is 2. The minimum atomic E-state index is -0.972. The first kappa shape index (κ1) is 21.3. The number of amides is 4. The molecule has 1 fully saturated rings. The maximum Gasteiger partial charge on any atom is 0.339 e. The third-order valence-electron chi connectivity index (χ3n) is 4.39. The van der Waals surface area contributed by atoms with Crippen LogP contribution in [-0.2, 0) is 16.1 Å². The van der Waals surface area contributed by atoms with Crippen LogP contribution in [0.3, 0.4) is 0 Å². The van der Waals surface area contributed by atoms with Crippen molar-refractivity contribution in [3.63, 3.8) is 0 Å². The average Bonchev–Trinajstić information content (AvgIpc) is 2.94. The molecule has 4 amide bonds. The molecule has 2 aromatic carbocycles. The van der Waals surface area contributed by atoms with Gasteiger partial charge in [-0.05, 0) is 42.7 Å². The summed E-state index contributed by atoms with van der Waals surface area (Å²) in [6, 6.07) is 9.37. The largest absolute Gasteiger partial charge is 0.490 e. The Kier molecular flexibility index (Phi) is 6.66.